The zero-order chi connectivity index (χ0) is 9.54. The van der Waals surface area contributed by atoms with Crippen LogP contribution in [0.4, 0.5) is 0 Å². The predicted octanol–water partition coefficient (Wildman–Crippen LogP) is -0.262. The molecule has 3 saturated heterocycles. The van der Waals surface area contributed by atoms with Crippen LogP contribution in [-0.2, 0) is 9.53 Å². The average molecular weight is 196 g/mol. The second kappa shape index (κ2) is 3.21. The van der Waals surface area contributed by atoms with Gasteiger partial charge in [-0.25, -0.2) is 0 Å². The van der Waals surface area contributed by atoms with Crippen LogP contribution in [0.15, 0.2) is 0 Å². The minimum Gasteiger partial charge on any atom is -0.373 e. The highest BCUT2D eigenvalue weighted by atomic mass is 16.5. The molecule has 3 atom stereocenters. The Bertz CT molecular complexity index is 257. The summed E-state index contributed by atoms with van der Waals surface area (Å²) in [6.07, 6.45) is 4.18. The lowest BCUT2D eigenvalue weighted by Gasteiger charge is -2.35. The highest BCUT2D eigenvalue weighted by molar-refractivity contribution is 5.79. The van der Waals surface area contributed by atoms with Crippen molar-refractivity contribution in [3.05, 3.63) is 0 Å². The number of carbonyl (C=O) groups is 1. The molecule has 3 aliphatic rings. The molecule has 1 N–H and O–H groups in total. The van der Waals surface area contributed by atoms with Crippen LogP contribution >= 0.6 is 0 Å². The van der Waals surface area contributed by atoms with Gasteiger partial charge in [-0.15, -0.1) is 0 Å². The van der Waals surface area contributed by atoms with E-state index in [1.807, 2.05) is 4.90 Å². The van der Waals surface area contributed by atoms with Gasteiger partial charge < -0.3 is 15.0 Å². The molecule has 1 amide bonds. The van der Waals surface area contributed by atoms with Crippen molar-refractivity contribution in [3.63, 3.8) is 0 Å². The summed E-state index contributed by atoms with van der Waals surface area (Å²) in [5.74, 6) is 0.248. The number of rotatable bonds is 1. The Balaban J connectivity index is 1.72. The van der Waals surface area contributed by atoms with Gasteiger partial charge in [-0.05, 0) is 19.3 Å². The van der Waals surface area contributed by atoms with Gasteiger partial charge in [-0.2, -0.15) is 0 Å². The van der Waals surface area contributed by atoms with Crippen molar-refractivity contribution in [1.82, 2.24) is 10.2 Å². The maximum Gasteiger partial charge on any atom is 0.236 e. The summed E-state index contributed by atoms with van der Waals surface area (Å²) >= 11 is 0. The maximum atomic E-state index is 11.7. The Morgan fingerprint density at radius 1 is 1.43 bits per heavy atom. The van der Waals surface area contributed by atoms with Crippen molar-refractivity contribution in [2.75, 3.05) is 19.6 Å². The lowest BCUT2D eigenvalue weighted by Crippen LogP contribution is -2.54. The normalized spacial score (nSPS) is 42.1. The second-order valence-corrected chi connectivity index (χ2v) is 4.44. The van der Waals surface area contributed by atoms with Gasteiger partial charge in [0.25, 0.3) is 0 Å². The molecular formula is C10H16N2O2. The van der Waals surface area contributed by atoms with Gasteiger partial charge in [0.05, 0.1) is 24.8 Å². The summed E-state index contributed by atoms with van der Waals surface area (Å²) in [6, 6.07) is 0.378. The molecule has 0 spiro atoms. The Labute approximate surface area is 83.6 Å². The van der Waals surface area contributed by atoms with E-state index >= 15 is 0 Å². The first-order valence-corrected chi connectivity index (χ1v) is 5.50. The van der Waals surface area contributed by atoms with Gasteiger partial charge in [0.15, 0.2) is 0 Å². The molecule has 3 rings (SSSR count). The van der Waals surface area contributed by atoms with Crippen molar-refractivity contribution in [1.29, 1.82) is 0 Å². The molecule has 4 heteroatoms. The fourth-order valence-corrected chi connectivity index (χ4v) is 2.91. The highest BCUT2D eigenvalue weighted by Crippen LogP contribution is 2.37. The van der Waals surface area contributed by atoms with Gasteiger partial charge >= 0.3 is 0 Å². The molecule has 14 heavy (non-hydrogen) atoms. The maximum absolute atomic E-state index is 11.7. The van der Waals surface area contributed by atoms with Gasteiger partial charge in [0.1, 0.15) is 0 Å². The summed E-state index contributed by atoms with van der Waals surface area (Å²) < 4.78 is 5.77. The number of nitrogens with zero attached hydrogens (tertiary/aromatic N) is 1. The van der Waals surface area contributed by atoms with E-state index in [1.165, 1.54) is 6.42 Å². The summed E-state index contributed by atoms with van der Waals surface area (Å²) in [4.78, 5) is 13.7. The van der Waals surface area contributed by atoms with E-state index in [2.05, 4.69) is 5.32 Å². The van der Waals surface area contributed by atoms with Crippen LogP contribution in [0.2, 0.25) is 0 Å². The van der Waals surface area contributed by atoms with Crippen LogP contribution < -0.4 is 5.32 Å². The van der Waals surface area contributed by atoms with Crippen molar-refractivity contribution in [2.24, 2.45) is 0 Å². The first-order chi connectivity index (χ1) is 6.84. The van der Waals surface area contributed by atoms with Gasteiger partial charge in [0, 0.05) is 13.1 Å². The van der Waals surface area contributed by atoms with E-state index in [0.717, 1.165) is 25.9 Å². The fraction of sp³-hybridized carbons (Fsp3) is 0.900. The second-order valence-electron chi connectivity index (χ2n) is 4.44. The Hall–Kier alpha value is -0.610. The number of hydrogen-bond acceptors (Lipinski definition) is 3. The van der Waals surface area contributed by atoms with Crippen molar-refractivity contribution < 1.29 is 9.53 Å². The molecule has 0 aliphatic carbocycles. The third-order valence-electron chi connectivity index (χ3n) is 3.60. The van der Waals surface area contributed by atoms with E-state index in [9.17, 15) is 4.79 Å². The molecule has 3 aliphatic heterocycles. The van der Waals surface area contributed by atoms with Crippen LogP contribution in [0.5, 0.6) is 0 Å². The molecule has 0 aromatic rings. The molecule has 0 aromatic carbocycles. The smallest absolute Gasteiger partial charge is 0.236 e. The first-order valence-electron chi connectivity index (χ1n) is 5.50. The SMILES string of the molecule is O=C1CNCCN1C1CC2CCC1O2. The van der Waals surface area contributed by atoms with Crippen LogP contribution in [0.1, 0.15) is 19.3 Å². The van der Waals surface area contributed by atoms with E-state index in [0.29, 0.717) is 24.8 Å². The van der Waals surface area contributed by atoms with Gasteiger partial charge in [-0.1, -0.05) is 0 Å². The zero-order valence-corrected chi connectivity index (χ0v) is 8.24. The molecule has 4 nitrogen and oxygen atoms in total. The molecule has 0 aromatic heterocycles. The monoisotopic (exact) mass is 196 g/mol. The predicted molar refractivity (Wildman–Crippen MR) is 50.9 cm³/mol. The molecule has 78 valence electrons. The molecule has 0 saturated carbocycles. The van der Waals surface area contributed by atoms with Crippen molar-refractivity contribution in [2.45, 2.75) is 37.5 Å². The van der Waals surface area contributed by atoms with Crippen LogP contribution in [0, 0.1) is 0 Å². The number of carbonyl (C=O) groups excluding carboxylic acids is 1. The molecule has 3 fully saturated rings. The molecular weight excluding hydrogens is 180 g/mol. The quantitative estimate of drug-likeness (QED) is 0.628. The van der Waals surface area contributed by atoms with Gasteiger partial charge in [0.2, 0.25) is 5.91 Å². The highest BCUT2D eigenvalue weighted by Gasteiger charge is 2.45. The Kier molecular flexibility index (Phi) is 1.99. The number of amides is 1. The molecule has 0 radical (unpaired) electrons. The summed E-state index contributed by atoms with van der Waals surface area (Å²) in [6.45, 7) is 2.30. The van der Waals surface area contributed by atoms with Crippen LogP contribution in [-0.4, -0.2) is 48.7 Å². The number of fused-ring (bicyclic) bond motifs is 2. The third kappa shape index (κ3) is 1.25. The zero-order valence-electron chi connectivity index (χ0n) is 8.24. The molecule has 3 heterocycles. The van der Waals surface area contributed by atoms with Gasteiger partial charge in [-0.3, -0.25) is 4.79 Å². The fourth-order valence-electron chi connectivity index (χ4n) is 2.91. The standard InChI is InChI=1S/C10H16N2O2/c13-10-6-11-3-4-12(10)8-5-7-1-2-9(8)14-7/h7-9,11H,1-6H2. The third-order valence-corrected chi connectivity index (χ3v) is 3.60. The minimum atomic E-state index is 0.248. The van der Waals surface area contributed by atoms with Crippen molar-refractivity contribution >= 4 is 5.91 Å². The lowest BCUT2D eigenvalue weighted by molar-refractivity contribution is -0.135. The summed E-state index contributed by atoms with van der Waals surface area (Å²) in [5, 5.41) is 3.10. The van der Waals surface area contributed by atoms with E-state index < -0.39 is 0 Å². The van der Waals surface area contributed by atoms with Crippen molar-refractivity contribution in [3.8, 4) is 0 Å². The van der Waals surface area contributed by atoms with Crippen LogP contribution in [0.25, 0.3) is 0 Å². The first kappa shape index (κ1) is 8.68. The summed E-state index contributed by atoms with van der Waals surface area (Å²) in [5.41, 5.74) is 0. The topological polar surface area (TPSA) is 41.6 Å². The average Bonchev–Trinajstić information content (AvgIpc) is 2.79. The Morgan fingerprint density at radius 3 is 3.00 bits per heavy atom. The number of ether oxygens (including phenoxy) is 1. The largest absolute Gasteiger partial charge is 0.373 e. The summed E-state index contributed by atoms with van der Waals surface area (Å²) in [7, 11) is 0. The number of nitrogens with one attached hydrogen (secondary N) is 1. The number of hydrogen-bond donors (Lipinski definition) is 1. The number of piperazine rings is 1. The van der Waals surface area contributed by atoms with E-state index in [-0.39, 0.29) is 5.91 Å². The van der Waals surface area contributed by atoms with Crippen LogP contribution in [0.3, 0.4) is 0 Å². The minimum absolute atomic E-state index is 0.248. The molecule has 3 unspecified atom stereocenters. The Morgan fingerprint density at radius 2 is 2.36 bits per heavy atom. The lowest BCUT2D eigenvalue weighted by atomic mass is 9.94. The molecule has 2 bridgehead atoms. The van der Waals surface area contributed by atoms with E-state index in [1.54, 1.807) is 0 Å². The van der Waals surface area contributed by atoms with E-state index in [4.69, 9.17) is 4.74 Å².